The summed E-state index contributed by atoms with van der Waals surface area (Å²) in [4.78, 5) is 30.5. The van der Waals surface area contributed by atoms with Gasteiger partial charge in [0.25, 0.3) is 11.7 Å². The molecule has 0 aromatic heterocycles. The summed E-state index contributed by atoms with van der Waals surface area (Å²) in [7, 11) is 1.55. The number of ketones is 1. The van der Waals surface area contributed by atoms with Crippen LogP contribution in [0.2, 0.25) is 0 Å². The number of benzene rings is 2. The lowest BCUT2D eigenvalue weighted by Gasteiger charge is -2.27. The van der Waals surface area contributed by atoms with Gasteiger partial charge in [-0.25, -0.2) is 0 Å². The van der Waals surface area contributed by atoms with Crippen molar-refractivity contribution in [3.05, 3.63) is 59.2 Å². The molecule has 1 heterocycles. The molecule has 1 fully saturated rings. The fourth-order valence-electron chi connectivity index (χ4n) is 4.68. The van der Waals surface area contributed by atoms with Crippen molar-refractivity contribution < 1.29 is 28.9 Å². The third-order valence-electron chi connectivity index (χ3n) is 6.71. The highest BCUT2D eigenvalue weighted by Crippen LogP contribution is 2.42. The minimum Gasteiger partial charge on any atom is -0.507 e. The smallest absolute Gasteiger partial charge is 0.295 e. The summed E-state index contributed by atoms with van der Waals surface area (Å²) in [6, 6.07) is 11.5. The maximum Gasteiger partial charge on any atom is 0.295 e. The number of nitrogens with zero attached hydrogens (tertiary/aromatic N) is 2. The maximum absolute atomic E-state index is 13.4. The van der Waals surface area contributed by atoms with Gasteiger partial charge in [-0.05, 0) is 81.4 Å². The van der Waals surface area contributed by atoms with Crippen molar-refractivity contribution in [1.29, 1.82) is 0 Å². The first-order valence-electron chi connectivity index (χ1n) is 13.4. The number of carbonyl (C=O) groups is 2. The van der Waals surface area contributed by atoms with Crippen LogP contribution in [0.25, 0.3) is 5.76 Å². The largest absolute Gasteiger partial charge is 0.507 e. The summed E-state index contributed by atoms with van der Waals surface area (Å²) in [6.07, 6.45) is 1.54. The van der Waals surface area contributed by atoms with Gasteiger partial charge in [0.15, 0.2) is 11.5 Å². The highest BCUT2D eigenvalue weighted by atomic mass is 16.5. The van der Waals surface area contributed by atoms with Gasteiger partial charge in [-0.2, -0.15) is 0 Å². The summed E-state index contributed by atoms with van der Waals surface area (Å²) < 4.78 is 16.9. The minimum atomic E-state index is -0.757. The van der Waals surface area contributed by atoms with Crippen molar-refractivity contribution in [3.8, 4) is 17.2 Å². The minimum absolute atomic E-state index is 0.0614. The summed E-state index contributed by atoms with van der Waals surface area (Å²) in [5.74, 6) is 0.216. The second kappa shape index (κ2) is 13.9. The first-order chi connectivity index (χ1) is 18.4. The Morgan fingerprint density at radius 2 is 1.68 bits per heavy atom. The lowest BCUT2D eigenvalue weighted by molar-refractivity contribution is -0.140. The number of carbonyl (C=O) groups excluding carboxylic acids is 2. The quantitative estimate of drug-likeness (QED) is 0.211. The molecule has 38 heavy (non-hydrogen) atoms. The molecule has 0 bridgehead atoms. The Balaban J connectivity index is 2.06. The molecule has 0 radical (unpaired) electrons. The third-order valence-corrected chi connectivity index (χ3v) is 6.71. The molecular formula is C30H40N2O6. The van der Waals surface area contributed by atoms with E-state index in [1.807, 2.05) is 19.9 Å². The van der Waals surface area contributed by atoms with Crippen LogP contribution in [0.4, 0.5) is 0 Å². The van der Waals surface area contributed by atoms with Crippen molar-refractivity contribution in [1.82, 2.24) is 9.80 Å². The molecule has 3 rings (SSSR count). The molecule has 1 saturated heterocycles. The van der Waals surface area contributed by atoms with Crippen LogP contribution in [0.5, 0.6) is 17.2 Å². The van der Waals surface area contributed by atoms with Gasteiger partial charge in [-0.1, -0.05) is 26.8 Å². The topological polar surface area (TPSA) is 88.5 Å². The SMILES string of the molecule is CCCOc1ccc(C2/C(=C(/O)c3ccc(OCC)cc3)C(=O)C(=O)N2CCCN(CC)CC)cc1OC. The summed E-state index contributed by atoms with van der Waals surface area (Å²) >= 11 is 0. The second-order valence-electron chi connectivity index (χ2n) is 9.09. The number of aliphatic hydroxyl groups is 1. The zero-order valence-electron chi connectivity index (χ0n) is 23.2. The van der Waals surface area contributed by atoms with Crippen LogP contribution >= 0.6 is 0 Å². The maximum atomic E-state index is 13.4. The molecule has 2 aromatic rings. The van der Waals surface area contributed by atoms with Crippen molar-refractivity contribution in [2.24, 2.45) is 0 Å². The van der Waals surface area contributed by atoms with Crippen LogP contribution in [-0.2, 0) is 9.59 Å². The first kappa shape index (κ1) is 29.0. The van der Waals surface area contributed by atoms with Crippen molar-refractivity contribution in [3.63, 3.8) is 0 Å². The molecule has 0 spiro atoms. The molecule has 1 aliphatic heterocycles. The number of Topliss-reactive ketones (excluding diaryl/α,β-unsaturated/α-hetero) is 1. The summed E-state index contributed by atoms with van der Waals surface area (Å²) in [5, 5.41) is 11.3. The number of rotatable bonds is 14. The standard InChI is InChI=1S/C30H40N2O6/c1-6-19-38-24-16-13-22(20-25(24)36-5)27-26(28(33)21-11-14-23(15-12-21)37-9-4)29(34)30(35)32(27)18-10-17-31(7-2)8-3/h11-16,20,27,33H,6-10,17-19H2,1-5H3/b28-26-. The van der Waals surface area contributed by atoms with E-state index in [2.05, 4.69) is 18.7 Å². The summed E-state index contributed by atoms with van der Waals surface area (Å²) in [5.41, 5.74) is 1.17. The lowest BCUT2D eigenvalue weighted by Crippen LogP contribution is -2.33. The first-order valence-corrected chi connectivity index (χ1v) is 13.4. The average Bonchev–Trinajstić information content (AvgIpc) is 3.19. The molecule has 1 unspecified atom stereocenters. The molecule has 1 atom stereocenters. The Hall–Kier alpha value is -3.52. The van der Waals surface area contributed by atoms with E-state index in [-0.39, 0.29) is 11.3 Å². The molecule has 8 heteroatoms. The average molecular weight is 525 g/mol. The van der Waals surface area contributed by atoms with Gasteiger partial charge in [-0.15, -0.1) is 0 Å². The van der Waals surface area contributed by atoms with Crippen molar-refractivity contribution in [2.45, 2.75) is 46.6 Å². The Morgan fingerprint density at radius 3 is 2.29 bits per heavy atom. The van der Waals surface area contributed by atoms with Crippen LogP contribution in [0.1, 0.15) is 57.7 Å². The van der Waals surface area contributed by atoms with Gasteiger partial charge in [0.05, 0.1) is 31.9 Å². The van der Waals surface area contributed by atoms with E-state index >= 15 is 0 Å². The highest BCUT2D eigenvalue weighted by molar-refractivity contribution is 6.46. The fraction of sp³-hybridized carbons (Fsp3) is 0.467. The van der Waals surface area contributed by atoms with E-state index in [4.69, 9.17) is 14.2 Å². The van der Waals surface area contributed by atoms with Gasteiger partial charge in [0.2, 0.25) is 0 Å². The highest BCUT2D eigenvalue weighted by Gasteiger charge is 2.46. The predicted octanol–water partition coefficient (Wildman–Crippen LogP) is 5.04. The van der Waals surface area contributed by atoms with Gasteiger partial charge < -0.3 is 29.1 Å². The Labute approximate surface area is 225 Å². The van der Waals surface area contributed by atoms with Crippen molar-refractivity contribution in [2.75, 3.05) is 46.5 Å². The Bertz CT molecular complexity index is 1120. The number of hydrogen-bond donors (Lipinski definition) is 1. The predicted molar refractivity (Wildman–Crippen MR) is 148 cm³/mol. The van der Waals surface area contributed by atoms with E-state index in [9.17, 15) is 14.7 Å². The van der Waals surface area contributed by atoms with Crippen LogP contribution in [0, 0.1) is 0 Å². The Morgan fingerprint density at radius 1 is 0.974 bits per heavy atom. The zero-order valence-corrected chi connectivity index (χ0v) is 23.2. The lowest BCUT2D eigenvalue weighted by atomic mass is 9.95. The second-order valence-corrected chi connectivity index (χ2v) is 9.09. The van der Waals surface area contributed by atoms with Crippen LogP contribution in [0.3, 0.4) is 0 Å². The zero-order chi connectivity index (χ0) is 27.7. The normalized spacial score (nSPS) is 16.8. The van der Waals surface area contributed by atoms with Gasteiger partial charge in [-0.3, -0.25) is 9.59 Å². The van der Waals surface area contributed by atoms with E-state index in [1.54, 1.807) is 48.4 Å². The monoisotopic (exact) mass is 524 g/mol. The van der Waals surface area contributed by atoms with Gasteiger partial charge >= 0.3 is 0 Å². The van der Waals surface area contributed by atoms with Crippen LogP contribution in [0.15, 0.2) is 48.0 Å². The van der Waals surface area contributed by atoms with E-state index < -0.39 is 17.7 Å². The van der Waals surface area contributed by atoms with Gasteiger partial charge in [0, 0.05) is 12.1 Å². The van der Waals surface area contributed by atoms with Gasteiger partial charge in [0.1, 0.15) is 11.5 Å². The number of likely N-dealkylation sites (tertiary alicyclic amines) is 1. The molecule has 1 amide bonds. The molecule has 0 aliphatic carbocycles. The molecule has 0 saturated carbocycles. The fourth-order valence-corrected chi connectivity index (χ4v) is 4.68. The number of aliphatic hydroxyl groups excluding tert-OH is 1. The van der Waals surface area contributed by atoms with Crippen molar-refractivity contribution >= 4 is 17.4 Å². The van der Waals surface area contributed by atoms with E-state index in [0.29, 0.717) is 54.6 Å². The van der Waals surface area contributed by atoms with E-state index in [0.717, 1.165) is 26.1 Å². The number of amides is 1. The molecular weight excluding hydrogens is 484 g/mol. The number of ether oxygens (including phenoxy) is 3. The molecule has 8 nitrogen and oxygen atoms in total. The molecule has 206 valence electrons. The molecule has 2 aromatic carbocycles. The van der Waals surface area contributed by atoms with Crippen LogP contribution in [-0.4, -0.2) is 73.1 Å². The summed E-state index contributed by atoms with van der Waals surface area (Å²) in [6.45, 7) is 12.2. The number of methoxy groups -OCH3 is 1. The molecule has 1 aliphatic rings. The number of hydrogen-bond acceptors (Lipinski definition) is 7. The third kappa shape index (κ3) is 6.48. The Kier molecular flexibility index (Phi) is 10.6. The van der Waals surface area contributed by atoms with Crippen LogP contribution < -0.4 is 14.2 Å². The van der Waals surface area contributed by atoms with E-state index in [1.165, 1.54) is 0 Å². The molecule has 1 N–H and O–H groups in total.